The summed E-state index contributed by atoms with van der Waals surface area (Å²) >= 11 is 0. The predicted molar refractivity (Wildman–Crippen MR) is 85.0 cm³/mol. The molecule has 20 heavy (non-hydrogen) atoms. The molecule has 3 nitrogen and oxygen atoms in total. The molecule has 1 aromatic rings. The molecule has 114 valence electrons. The number of esters is 1. The van der Waals surface area contributed by atoms with Crippen molar-refractivity contribution in [3.05, 3.63) is 42.5 Å². The van der Waals surface area contributed by atoms with Gasteiger partial charge in [-0.1, -0.05) is 45.9 Å². The van der Waals surface area contributed by atoms with E-state index in [1.54, 1.807) is 24.3 Å². The number of methoxy groups -OCH3 is 1. The first-order valence-electron chi connectivity index (χ1n) is 7.14. The van der Waals surface area contributed by atoms with Gasteiger partial charge in [0.25, 0.3) is 0 Å². The van der Waals surface area contributed by atoms with Gasteiger partial charge in [-0.25, -0.2) is 0 Å². The quantitative estimate of drug-likeness (QED) is 0.630. The number of phenolic OH excluding ortho intramolecular Hbond substituents is 1. The van der Waals surface area contributed by atoms with Crippen LogP contribution in [-0.2, 0) is 9.53 Å². The van der Waals surface area contributed by atoms with Gasteiger partial charge in [-0.2, -0.15) is 0 Å². The van der Waals surface area contributed by atoms with Gasteiger partial charge in [-0.05, 0) is 30.0 Å². The van der Waals surface area contributed by atoms with Crippen LogP contribution in [0.1, 0.15) is 52.0 Å². The number of hydrogen-bond acceptors (Lipinski definition) is 3. The molecule has 0 aliphatic carbocycles. The third-order valence-electron chi connectivity index (χ3n) is 2.43. The van der Waals surface area contributed by atoms with Gasteiger partial charge in [0.15, 0.2) is 0 Å². The van der Waals surface area contributed by atoms with Crippen molar-refractivity contribution in [1.29, 1.82) is 0 Å². The first kappa shape index (κ1) is 20.5. The van der Waals surface area contributed by atoms with Gasteiger partial charge >= 0.3 is 5.97 Å². The predicted octanol–water partition coefficient (Wildman–Crippen LogP) is 4.67. The van der Waals surface area contributed by atoms with Gasteiger partial charge in [0.05, 0.1) is 13.5 Å². The maximum atomic E-state index is 11.2. The van der Waals surface area contributed by atoms with Gasteiger partial charge in [-0.3, -0.25) is 4.79 Å². The smallest absolute Gasteiger partial charge is 0.306 e. The molecule has 1 rings (SSSR count). The van der Waals surface area contributed by atoms with Gasteiger partial charge in [0.2, 0.25) is 0 Å². The van der Waals surface area contributed by atoms with Crippen molar-refractivity contribution >= 4 is 5.97 Å². The minimum Gasteiger partial charge on any atom is -0.508 e. The van der Waals surface area contributed by atoms with E-state index in [1.165, 1.54) is 7.11 Å². The van der Waals surface area contributed by atoms with E-state index in [1.807, 2.05) is 33.8 Å². The molecule has 0 spiro atoms. The number of carbonyl (C=O) groups is 1. The van der Waals surface area contributed by atoms with Crippen LogP contribution in [-0.4, -0.2) is 18.2 Å². The molecule has 0 saturated heterocycles. The molecule has 3 heteroatoms. The Labute approximate surface area is 123 Å². The lowest BCUT2D eigenvalue weighted by Crippen LogP contribution is -2.08. The van der Waals surface area contributed by atoms with Crippen molar-refractivity contribution in [1.82, 2.24) is 0 Å². The summed E-state index contributed by atoms with van der Waals surface area (Å²) in [4.78, 5) is 11.2. The molecule has 0 saturated carbocycles. The van der Waals surface area contributed by atoms with Crippen LogP contribution in [0.15, 0.2) is 36.9 Å². The maximum Gasteiger partial charge on any atom is 0.306 e. The molecule has 0 fully saturated rings. The largest absolute Gasteiger partial charge is 0.508 e. The molecule has 0 radical (unpaired) electrons. The van der Waals surface area contributed by atoms with E-state index >= 15 is 0 Å². The Morgan fingerprint density at radius 3 is 2.40 bits per heavy atom. The molecule has 1 unspecified atom stereocenters. The summed E-state index contributed by atoms with van der Waals surface area (Å²) in [7, 11) is 1.37. The fourth-order valence-corrected chi connectivity index (χ4v) is 1.60. The van der Waals surface area contributed by atoms with E-state index in [0.717, 1.165) is 5.56 Å². The van der Waals surface area contributed by atoms with Crippen LogP contribution >= 0.6 is 0 Å². The lowest BCUT2D eigenvalue weighted by atomic mass is 9.92. The molecule has 0 aromatic heterocycles. The molecular weight excluding hydrogens is 252 g/mol. The zero-order valence-corrected chi connectivity index (χ0v) is 13.3. The lowest BCUT2D eigenvalue weighted by molar-refractivity contribution is -0.141. The van der Waals surface area contributed by atoms with Crippen molar-refractivity contribution in [2.75, 3.05) is 7.11 Å². The van der Waals surface area contributed by atoms with Crippen LogP contribution in [0.2, 0.25) is 0 Å². The highest BCUT2D eigenvalue weighted by atomic mass is 16.5. The first-order chi connectivity index (χ1) is 9.67. The van der Waals surface area contributed by atoms with E-state index in [0.29, 0.717) is 12.8 Å². The summed E-state index contributed by atoms with van der Waals surface area (Å²) in [6.45, 7) is 11.7. The minimum atomic E-state index is -0.254. The number of phenols is 1. The summed E-state index contributed by atoms with van der Waals surface area (Å²) in [5.41, 5.74) is 0.922. The molecule has 0 aliphatic heterocycles. The summed E-state index contributed by atoms with van der Waals surface area (Å²) in [6.07, 6.45) is 2.74. The van der Waals surface area contributed by atoms with Crippen molar-refractivity contribution < 1.29 is 14.6 Å². The normalized spacial score (nSPS) is 10.1. The van der Waals surface area contributed by atoms with Gasteiger partial charge < -0.3 is 9.84 Å². The van der Waals surface area contributed by atoms with Crippen molar-refractivity contribution in [2.45, 2.75) is 46.5 Å². The lowest BCUT2D eigenvalue weighted by Gasteiger charge is -2.14. The Bertz CT molecular complexity index is 372. The molecule has 0 aliphatic rings. The van der Waals surface area contributed by atoms with Crippen LogP contribution in [0.5, 0.6) is 5.75 Å². The topological polar surface area (TPSA) is 46.5 Å². The van der Waals surface area contributed by atoms with Crippen LogP contribution in [0.4, 0.5) is 0 Å². The molecular formula is C17H28O3. The molecule has 1 N–H and O–H groups in total. The first-order valence-corrected chi connectivity index (χ1v) is 7.14. The second kappa shape index (κ2) is 13.7. The highest BCUT2D eigenvalue weighted by Gasteiger charge is 2.15. The Morgan fingerprint density at radius 1 is 1.35 bits per heavy atom. The second-order valence-corrected chi connectivity index (χ2v) is 3.60. The monoisotopic (exact) mass is 280 g/mol. The van der Waals surface area contributed by atoms with Gasteiger partial charge in [0.1, 0.15) is 5.75 Å². The van der Waals surface area contributed by atoms with Crippen LogP contribution in [0.3, 0.4) is 0 Å². The second-order valence-electron chi connectivity index (χ2n) is 3.60. The van der Waals surface area contributed by atoms with Crippen LogP contribution in [0.25, 0.3) is 0 Å². The summed E-state index contributed by atoms with van der Waals surface area (Å²) < 4.78 is 4.64. The fraction of sp³-hybridized carbons (Fsp3) is 0.471. The van der Waals surface area contributed by atoms with Crippen LogP contribution < -0.4 is 0 Å². The van der Waals surface area contributed by atoms with Crippen LogP contribution in [0, 0.1) is 0 Å². The SMILES string of the molecule is C=CCC(CC(=O)OC)c1cccc(O)c1.CC.CC. The zero-order valence-electron chi connectivity index (χ0n) is 13.3. The van der Waals surface area contributed by atoms with Gasteiger partial charge in [-0.15, -0.1) is 6.58 Å². The third kappa shape index (κ3) is 8.35. The number of rotatable bonds is 5. The molecule has 0 bridgehead atoms. The van der Waals surface area contributed by atoms with E-state index in [4.69, 9.17) is 0 Å². The molecule has 0 heterocycles. The minimum absolute atomic E-state index is 0.0112. The Hall–Kier alpha value is -1.77. The van der Waals surface area contributed by atoms with Crippen molar-refractivity contribution in [2.24, 2.45) is 0 Å². The highest BCUT2D eigenvalue weighted by Crippen LogP contribution is 2.26. The third-order valence-corrected chi connectivity index (χ3v) is 2.43. The molecule has 0 amide bonds. The average molecular weight is 280 g/mol. The molecule has 1 atom stereocenters. The summed E-state index contributed by atoms with van der Waals surface area (Å²) in [5.74, 6) is -0.0383. The van der Waals surface area contributed by atoms with E-state index in [2.05, 4.69) is 11.3 Å². The Morgan fingerprint density at radius 2 is 1.95 bits per heavy atom. The number of aromatic hydroxyl groups is 1. The number of hydrogen-bond donors (Lipinski definition) is 1. The van der Waals surface area contributed by atoms with E-state index in [9.17, 15) is 9.90 Å². The van der Waals surface area contributed by atoms with Crippen molar-refractivity contribution in [3.8, 4) is 5.75 Å². The van der Waals surface area contributed by atoms with E-state index < -0.39 is 0 Å². The number of allylic oxidation sites excluding steroid dienone is 1. The summed E-state index contributed by atoms with van der Waals surface area (Å²) in [6, 6.07) is 6.92. The Balaban J connectivity index is 0. The maximum absolute atomic E-state index is 11.2. The van der Waals surface area contributed by atoms with Crippen molar-refractivity contribution in [3.63, 3.8) is 0 Å². The number of ether oxygens (including phenoxy) is 1. The average Bonchev–Trinajstić information content (AvgIpc) is 2.50. The van der Waals surface area contributed by atoms with Gasteiger partial charge in [0, 0.05) is 0 Å². The highest BCUT2D eigenvalue weighted by molar-refractivity contribution is 5.70. The van der Waals surface area contributed by atoms with E-state index in [-0.39, 0.29) is 17.6 Å². The molecule has 1 aromatic carbocycles. The Kier molecular flexibility index (Phi) is 14.0. The standard InChI is InChI=1S/C13H16O3.2C2H6/c1-3-5-10(9-13(15)16-2)11-6-4-7-12(14)8-11;2*1-2/h3-4,6-8,10,14H,1,5,9H2,2H3;2*1-2H3. The number of benzene rings is 1. The zero-order chi connectivity index (χ0) is 16.0. The number of carbonyl (C=O) groups excluding carboxylic acids is 1. The summed E-state index contributed by atoms with van der Waals surface area (Å²) in [5, 5.41) is 9.38. The fourth-order valence-electron chi connectivity index (χ4n) is 1.60.